The minimum absolute atomic E-state index is 0.0501. The third-order valence-electron chi connectivity index (χ3n) is 5.15. The highest BCUT2D eigenvalue weighted by Crippen LogP contribution is 2.34. The Bertz CT molecular complexity index is 858. The topological polar surface area (TPSA) is 66.1 Å². The van der Waals surface area contributed by atoms with Crippen LogP contribution in [0.3, 0.4) is 0 Å². The van der Waals surface area contributed by atoms with E-state index in [1.54, 1.807) is 11.3 Å². The molecule has 25 heavy (non-hydrogen) atoms. The number of fused-ring (bicyclic) bond motifs is 3. The average molecular weight is 378 g/mol. The van der Waals surface area contributed by atoms with E-state index < -0.39 is 0 Å². The summed E-state index contributed by atoms with van der Waals surface area (Å²) in [4.78, 5) is 36.5. The van der Waals surface area contributed by atoms with E-state index in [1.165, 1.54) is 35.0 Å². The molecule has 7 heteroatoms. The van der Waals surface area contributed by atoms with Crippen molar-refractivity contribution in [1.29, 1.82) is 0 Å². The average Bonchev–Trinajstić information content (AvgIpc) is 2.98. The van der Waals surface area contributed by atoms with Crippen LogP contribution < -0.4 is 5.56 Å². The summed E-state index contributed by atoms with van der Waals surface area (Å²) in [5, 5.41) is 1.34. The summed E-state index contributed by atoms with van der Waals surface area (Å²) in [6, 6.07) is 0. The lowest BCUT2D eigenvalue weighted by atomic mass is 9.97. The molecule has 0 aromatic carbocycles. The van der Waals surface area contributed by atoms with Crippen LogP contribution in [0.5, 0.6) is 0 Å². The molecule has 0 saturated carbocycles. The first-order valence-electron chi connectivity index (χ1n) is 9.07. The number of piperidine rings is 1. The Morgan fingerprint density at radius 2 is 2.20 bits per heavy atom. The number of amides is 1. The Balaban J connectivity index is 1.50. The van der Waals surface area contributed by atoms with E-state index in [9.17, 15) is 9.59 Å². The molecule has 5 nitrogen and oxygen atoms in total. The number of thioether (sulfide) groups is 1. The molecule has 0 bridgehead atoms. The molecule has 1 aliphatic heterocycles. The number of thiophene rings is 1. The van der Waals surface area contributed by atoms with Crippen molar-refractivity contribution in [3.63, 3.8) is 0 Å². The Hall–Kier alpha value is -1.34. The van der Waals surface area contributed by atoms with Crippen molar-refractivity contribution in [2.24, 2.45) is 5.92 Å². The molecule has 4 rings (SSSR count). The second-order valence-corrected chi connectivity index (χ2v) is 9.19. The molecule has 1 aliphatic carbocycles. The summed E-state index contributed by atoms with van der Waals surface area (Å²) < 4.78 is 0. The number of nitrogens with one attached hydrogen (secondary N) is 1. The number of nitrogens with zero attached hydrogens (tertiary/aromatic N) is 2. The molecule has 2 aromatic rings. The summed E-state index contributed by atoms with van der Waals surface area (Å²) in [6.45, 7) is 3.89. The maximum Gasteiger partial charge on any atom is 0.260 e. The van der Waals surface area contributed by atoms with Crippen molar-refractivity contribution >= 4 is 39.2 Å². The first-order valence-corrected chi connectivity index (χ1v) is 10.9. The van der Waals surface area contributed by atoms with Crippen LogP contribution >= 0.6 is 23.1 Å². The molecule has 1 saturated heterocycles. The summed E-state index contributed by atoms with van der Waals surface area (Å²) in [6.07, 6.45) is 6.67. The first kappa shape index (κ1) is 17.1. The fourth-order valence-corrected chi connectivity index (χ4v) is 5.93. The zero-order valence-corrected chi connectivity index (χ0v) is 16.1. The van der Waals surface area contributed by atoms with Gasteiger partial charge in [-0.2, -0.15) is 0 Å². The van der Waals surface area contributed by atoms with Crippen LogP contribution in [0.4, 0.5) is 0 Å². The molecule has 1 amide bonds. The fourth-order valence-electron chi connectivity index (χ4n) is 3.85. The minimum Gasteiger partial charge on any atom is -0.342 e. The van der Waals surface area contributed by atoms with E-state index in [0.29, 0.717) is 16.8 Å². The number of hydrogen-bond donors (Lipinski definition) is 1. The van der Waals surface area contributed by atoms with Gasteiger partial charge in [0.1, 0.15) is 4.83 Å². The van der Waals surface area contributed by atoms with Gasteiger partial charge in [0.15, 0.2) is 5.16 Å². The van der Waals surface area contributed by atoms with Gasteiger partial charge in [0.05, 0.1) is 11.1 Å². The third-order valence-corrected chi connectivity index (χ3v) is 7.19. The smallest absolute Gasteiger partial charge is 0.260 e. The van der Waals surface area contributed by atoms with E-state index in [4.69, 9.17) is 0 Å². The molecule has 0 radical (unpaired) electrons. The van der Waals surface area contributed by atoms with Crippen molar-refractivity contribution < 1.29 is 4.79 Å². The molecule has 1 N–H and O–H groups in total. The Morgan fingerprint density at radius 1 is 1.36 bits per heavy atom. The highest BCUT2D eigenvalue weighted by molar-refractivity contribution is 7.99. The molecule has 0 unspecified atom stereocenters. The van der Waals surface area contributed by atoms with Crippen LogP contribution in [0, 0.1) is 5.92 Å². The standard InChI is InChI=1S/C18H23N3O2S2/c1-11-5-4-8-21(9-11)14(22)10-24-18-19-16(23)15-12-6-2-3-7-13(12)25-17(15)20-18/h11H,2-10H2,1H3,(H,19,20,23)/t11-/m0/s1. The van der Waals surface area contributed by atoms with Crippen LogP contribution in [-0.4, -0.2) is 39.6 Å². The zero-order chi connectivity index (χ0) is 17.4. The molecule has 3 heterocycles. The highest BCUT2D eigenvalue weighted by atomic mass is 32.2. The van der Waals surface area contributed by atoms with Crippen LogP contribution in [0.25, 0.3) is 10.2 Å². The van der Waals surface area contributed by atoms with Gasteiger partial charge in [-0.05, 0) is 50.0 Å². The number of rotatable bonds is 3. The number of carbonyl (C=O) groups is 1. The van der Waals surface area contributed by atoms with Gasteiger partial charge >= 0.3 is 0 Å². The maximum atomic E-state index is 12.5. The minimum atomic E-state index is -0.0501. The van der Waals surface area contributed by atoms with Crippen LogP contribution in [0.15, 0.2) is 9.95 Å². The monoisotopic (exact) mass is 377 g/mol. The van der Waals surface area contributed by atoms with Gasteiger partial charge in [0.25, 0.3) is 5.56 Å². The predicted molar refractivity (Wildman–Crippen MR) is 103 cm³/mol. The molecular formula is C18H23N3O2S2. The third kappa shape index (κ3) is 3.49. The van der Waals surface area contributed by atoms with E-state index in [1.807, 2.05) is 4.90 Å². The van der Waals surface area contributed by atoms with E-state index in [-0.39, 0.29) is 11.5 Å². The van der Waals surface area contributed by atoms with Crippen molar-refractivity contribution in [3.8, 4) is 0 Å². The predicted octanol–water partition coefficient (Wildman–Crippen LogP) is 3.21. The summed E-state index contributed by atoms with van der Waals surface area (Å²) in [5.74, 6) is 1.06. The van der Waals surface area contributed by atoms with E-state index >= 15 is 0 Å². The van der Waals surface area contributed by atoms with Gasteiger partial charge in [0.2, 0.25) is 5.91 Å². The van der Waals surface area contributed by atoms with E-state index in [2.05, 4.69) is 16.9 Å². The molecule has 0 spiro atoms. The number of carbonyl (C=O) groups excluding carboxylic acids is 1. The number of aryl methyl sites for hydroxylation is 2. The largest absolute Gasteiger partial charge is 0.342 e. The Kier molecular flexibility index (Phi) is 4.86. The maximum absolute atomic E-state index is 12.5. The van der Waals surface area contributed by atoms with Gasteiger partial charge in [-0.1, -0.05) is 18.7 Å². The zero-order valence-electron chi connectivity index (χ0n) is 14.5. The van der Waals surface area contributed by atoms with E-state index in [0.717, 1.165) is 49.0 Å². The van der Waals surface area contributed by atoms with Crippen molar-refractivity contribution in [3.05, 3.63) is 20.8 Å². The van der Waals surface area contributed by atoms with Crippen molar-refractivity contribution in [2.45, 2.75) is 50.6 Å². The Morgan fingerprint density at radius 3 is 3.04 bits per heavy atom. The lowest BCUT2D eigenvalue weighted by Gasteiger charge is -2.30. The fraction of sp³-hybridized carbons (Fsp3) is 0.611. The lowest BCUT2D eigenvalue weighted by molar-refractivity contribution is -0.130. The Labute approximate surface area is 155 Å². The summed E-state index contributed by atoms with van der Waals surface area (Å²) >= 11 is 3.00. The summed E-state index contributed by atoms with van der Waals surface area (Å²) in [7, 11) is 0. The van der Waals surface area contributed by atoms with Gasteiger partial charge in [-0.3, -0.25) is 9.59 Å². The number of likely N-dealkylation sites (tertiary alicyclic amines) is 1. The van der Waals surface area contributed by atoms with Crippen LogP contribution in [-0.2, 0) is 17.6 Å². The van der Waals surface area contributed by atoms with Gasteiger partial charge in [-0.15, -0.1) is 11.3 Å². The molecule has 2 aromatic heterocycles. The van der Waals surface area contributed by atoms with Crippen LogP contribution in [0.1, 0.15) is 43.0 Å². The molecule has 1 fully saturated rings. The quantitative estimate of drug-likeness (QED) is 0.659. The first-order chi connectivity index (χ1) is 12.1. The normalized spacial score (nSPS) is 20.7. The van der Waals surface area contributed by atoms with Gasteiger partial charge in [-0.25, -0.2) is 4.98 Å². The van der Waals surface area contributed by atoms with Crippen LogP contribution in [0.2, 0.25) is 0 Å². The number of H-pyrrole nitrogens is 1. The molecule has 134 valence electrons. The number of aromatic amines is 1. The highest BCUT2D eigenvalue weighted by Gasteiger charge is 2.22. The van der Waals surface area contributed by atoms with Crippen molar-refractivity contribution in [1.82, 2.24) is 14.9 Å². The second kappa shape index (κ2) is 7.11. The molecule has 1 atom stereocenters. The molecule has 2 aliphatic rings. The SMILES string of the molecule is C[C@H]1CCCN(C(=O)CSc2nc3sc4c(c3c(=O)[nH]2)CCCC4)C1. The second-order valence-electron chi connectivity index (χ2n) is 7.14. The van der Waals surface area contributed by atoms with Gasteiger partial charge in [0, 0.05) is 18.0 Å². The molecular weight excluding hydrogens is 354 g/mol. The summed E-state index contributed by atoms with van der Waals surface area (Å²) in [5.41, 5.74) is 1.15. The van der Waals surface area contributed by atoms with Crippen molar-refractivity contribution in [2.75, 3.05) is 18.8 Å². The van der Waals surface area contributed by atoms with Gasteiger partial charge < -0.3 is 9.88 Å². The number of hydrogen-bond acceptors (Lipinski definition) is 5. The number of aromatic nitrogens is 2. The lowest BCUT2D eigenvalue weighted by Crippen LogP contribution is -2.40.